The van der Waals surface area contributed by atoms with E-state index in [2.05, 4.69) is 81.1 Å². The van der Waals surface area contributed by atoms with E-state index in [1.54, 1.807) is 41.5 Å². The van der Waals surface area contributed by atoms with Gasteiger partial charge in [-0.2, -0.15) is 12.6 Å². The normalized spacial score (nSPS) is 13.9. The van der Waals surface area contributed by atoms with Gasteiger partial charge in [0.15, 0.2) is 11.9 Å². The molecule has 0 unspecified atom stereocenters. The number of aliphatic carboxylic acids is 2. The maximum absolute atomic E-state index is 14.3. The second kappa shape index (κ2) is 73.8. The number of primary amides is 1. The van der Waals surface area contributed by atoms with Crippen molar-refractivity contribution in [1.29, 1.82) is 0 Å². The number of nitrogens with two attached hydrogens (primary N) is 6. The molecule has 127 heavy (non-hydrogen) atoms. The van der Waals surface area contributed by atoms with Crippen molar-refractivity contribution in [2.45, 2.75) is 193 Å². The number of hydrogen-bond donors (Lipinski definition) is 21. The number of hydrogen-bond acceptors (Lipinski definition) is 31. The number of carbonyl (C=O) groups excluding carboxylic acids is 12. The number of nitrogens with zero attached hydrogens (tertiary/aromatic N) is 2. The van der Waals surface area contributed by atoms with Crippen molar-refractivity contribution in [2.24, 2.45) is 62.1 Å². The Morgan fingerprint density at radius 3 is 1.01 bits per heavy atom. The largest absolute Gasteiger partial charge is 0.481 e. The summed E-state index contributed by atoms with van der Waals surface area (Å²) in [4.78, 5) is 191. The highest BCUT2D eigenvalue weighted by Gasteiger charge is 2.36. The van der Waals surface area contributed by atoms with Gasteiger partial charge in [-0.05, 0) is 83.0 Å². The van der Waals surface area contributed by atoms with Gasteiger partial charge in [-0.25, -0.2) is 4.79 Å². The Balaban J connectivity index is 5.21. The van der Waals surface area contributed by atoms with E-state index in [1.165, 1.54) is 13.8 Å². The van der Waals surface area contributed by atoms with Crippen molar-refractivity contribution < 1.29 is 139 Å². The fourth-order valence-electron chi connectivity index (χ4n) is 11.0. The lowest BCUT2D eigenvalue weighted by atomic mass is 10.00. The SMILES string of the molecule is CC(C)C[C@H](NC(=O)[C@H](C)NC(=O)[C@@H](N)CC(=O)O)C(=O)N[C@@H](CCCN=C(N)N)C(=O)N[C@@H](CC(C)C)C(=O)N[C@@H](CCC(N)=O)C(=O)NCC(=O)N[C@H](C(=O)N[C@@H](CC(C)C)C(=O)N[C@@H](CCCN=C(N)N)C(=O)NCCOCCOCCOCCOCCOCCOCCOCCOCCOCCOCCOCCOCCC(=O)N[C@@H](CS)C(=O)O)[C@@H](C)O. The van der Waals surface area contributed by atoms with Crippen LogP contribution in [0, 0.1) is 17.8 Å². The van der Waals surface area contributed by atoms with Gasteiger partial charge in [0.2, 0.25) is 70.9 Å². The van der Waals surface area contributed by atoms with Crippen molar-refractivity contribution >= 4 is 107 Å². The zero-order chi connectivity index (χ0) is 95.3. The van der Waals surface area contributed by atoms with Gasteiger partial charge in [0.1, 0.15) is 54.4 Å². The van der Waals surface area contributed by atoms with Gasteiger partial charge < -0.3 is 165 Å². The van der Waals surface area contributed by atoms with Crippen LogP contribution in [-0.2, 0) is 124 Å². The van der Waals surface area contributed by atoms with Gasteiger partial charge >= 0.3 is 11.9 Å². The number of carboxylic acids is 2. The van der Waals surface area contributed by atoms with Crippen molar-refractivity contribution in [2.75, 3.05) is 190 Å². The van der Waals surface area contributed by atoms with Crippen LogP contribution in [0.1, 0.15) is 126 Å². The monoisotopic (exact) mass is 1840 g/mol. The number of guanidine groups is 2. The van der Waals surface area contributed by atoms with Crippen LogP contribution in [0.25, 0.3) is 0 Å². The first-order valence-corrected chi connectivity index (χ1v) is 43.1. The van der Waals surface area contributed by atoms with Gasteiger partial charge in [-0.1, -0.05) is 41.5 Å². The molecular formula is C78H145N19O29S. The number of aliphatic hydroxyl groups is 1. The average molecular weight is 1850 g/mol. The predicted molar refractivity (Wildman–Crippen MR) is 464 cm³/mol. The zero-order valence-electron chi connectivity index (χ0n) is 74.6. The molecule has 49 heteroatoms. The Hall–Kier alpha value is -9.09. The maximum atomic E-state index is 14.3. The molecule has 48 nitrogen and oxygen atoms in total. The summed E-state index contributed by atoms with van der Waals surface area (Å²) in [5.74, 6) is -14.1. The molecular weight excluding hydrogens is 1700 g/mol. The number of carbonyl (C=O) groups is 14. The van der Waals surface area contributed by atoms with Crippen LogP contribution in [0.4, 0.5) is 0 Å². The lowest BCUT2D eigenvalue weighted by Crippen LogP contribution is -2.60. The smallest absolute Gasteiger partial charge is 0.327 e. The number of thiol groups is 1. The molecule has 0 bridgehead atoms. The molecule has 0 fully saturated rings. The van der Waals surface area contributed by atoms with Gasteiger partial charge in [-0.15, -0.1) is 0 Å². The van der Waals surface area contributed by atoms with Crippen LogP contribution < -0.4 is 92.9 Å². The number of aliphatic hydroxyl groups excluding tert-OH is 1. The fourth-order valence-corrected chi connectivity index (χ4v) is 11.2. The summed E-state index contributed by atoms with van der Waals surface area (Å²) in [6.45, 7) is 20.1. The van der Waals surface area contributed by atoms with E-state index in [-0.39, 0.29) is 146 Å². The minimum atomic E-state index is -1.75. The Labute approximate surface area is 747 Å². The van der Waals surface area contributed by atoms with E-state index in [0.717, 1.165) is 0 Å². The summed E-state index contributed by atoms with van der Waals surface area (Å²) in [7, 11) is 0. The van der Waals surface area contributed by atoms with E-state index in [4.69, 9.17) is 101 Å². The zero-order valence-corrected chi connectivity index (χ0v) is 75.5. The highest BCUT2D eigenvalue weighted by atomic mass is 32.1. The number of rotatable bonds is 81. The second-order valence-electron chi connectivity index (χ2n) is 30.1. The maximum Gasteiger partial charge on any atom is 0.327 e. The first kappa shape index (κ1) is 118. The lowest BCUT2D eigenvalue weighted by Gasteiger charge is -2.28. The molecule has 0 aromatic heterocycles. The molecule has 0 saturated heterocycles. The van der Waals surface area contributed by atoms with Crippen LogP contribution in [0.5, 0.6) is 0 Å². The molecule has 0 radical (unpaired) electrons. The minimum absolute atomic E-state index is 0.00753. The molecule has 0 aromatic carbocycles. The van der Waals surface area contributed by atoms with Gasteiger partial charge in [0.25, 0.3) is 0 Å². The predicted octanol–water partition coefficient (Wildman–Crippen LogP) is -7.10. The third-order valence-electron chi connectivity index (χ3n) is 17.4. The molecule has 0 spiro atoms. The number of aliphatic imine (C=N–C) groups is 2. The van der Waals surface area contributed by atoms with Crippen LogP contribution in [-0.4, -0.2) is 367 Å². The summed E-state index contributed by atoms with van der Waals surface area (Å²) in [6, 6.07) is -13.9. The highest BCUT2D eigenvalue weighted by Crippen LogP contribution is 2.13. The Bertz CT molecular complexity index is 3240. The highest BCUT2D eigenvalue weighted by molar-refractivity contribution is 7.80. The quantitative estimate of drug-likeness (QED) is 0.0116. The third kappa shape index (κ3) is 64.3. The van der Waals surface area contributed by atoms with E-state index in [9.17, 15) is 72.2 Å². The number of nitrogens with one attached hydrogen (secondary N) is 11. The first-order valence-electron chi connectivity index (χ1n) is 42.5. The van der Waals surface area contributed by atoms with Gasteiger partial charge in [0.05, 0.1) is 184 Å². The van der Waals surface area contributed by atoms with Crippen LogP contribution >= 0.6 is 12.6 Å². The molecule has 11 atom stereocenters. The molecule has 0 aliphatic heterocycles. The van der Waals surface area contributed by atoms with Gasteiger partial charge in [-0.3, -0.25) is 72.3 Å². The lowest BCUT2D eigenvalue weighted by molar-refractivity contribution is -0.141. The standard InChI is InChI=1S/C78H145N19O29S/c1-49(2)43-58(94-67(104)52(7)89-68(105)54(79)46-65(102)103)72(109)92-56(12-10-17-87-78(83)84)71(108)95-59(44-50(3)4)73(110)93-57(13-14-62(80)99)70(107)88-47-64(101)97-66(53(8)98)75(112)96-60(45-51(5)6)74(111)91-55(11-9-16-86-77(81)82)69(106)85-18-20-116-22-24-118-26-28-120-30-32-122-34-36-124-38-40-126-42-41-125-39-37-123-35-33-121-31-29-119-27-25-117-23-21-115-19-15-63(100)90-61(48-127)76(113)114/h49-61,66,98,127H,9-48,79H2,1-8H3,(H2,80,99)(H,85,106)(H,88,107)(H,89,105)(H,90,100)(H,91,111)(H,92,109)(H,93,110)(H,94,104)(H,95,108)(H,96,112)(H,97,101)(H,102,103)(H,113,114)(H4,81,82,86)(H4,83,84,87)/t52-,53+,54-,55-,56-,57-,58-,59-,60-,61-,66-/m0/s1. The third-order valence-corrected chi connectivity index (χ3v) is 17.8. The van der Waals surface area contributed by atoms with E-state index in [1.807, 2.05) is 0 Å². The summed E-state index contributed by atoms with van der Waals surface area (Å²) in [5.41, 5.74) is 33.2. The number of carboxylic acid groups (broad SMARTS) is 2. The van der Waals surface area contributed by atoms with Crippen molar-refractivity contribution in [3.05, 3.63) is 0 Å². The number of amides is 12. The van der Waals surface area contributed by atoms with Crippen molar-refractivity contribution in [1.82, 2.24) is 58.5 Å². The topological polar surface area (TPSA) is 724 Å². The molecule has 0 rings (SSSR count). The summed E-state index contributed by atoms with van der Waals surface area (Å²) in [6.07, 6.45) is -3.00. The Kier molecular flexibility index (Phi) is 68.5. The summed E-state index contributed by atoms with van der Waals surface area (Å²) in [5, 5.41) is 56.4. The summed E-state index contributed by atoms with van der Waals surface area (Å²) < 4.78 is 66.0. The minimum Gasteiger partial charge on any atom is -0.481 e. The molecule has 0 aliphatic carbocycles. The Morgan fingerprint density at radius 1 is 0.346 bits per heavy atom. The Morgan fingerprint density at radius 2 is 0.669 bits per heavy atom. The average Bonchev–Trinajstić information content (AvgIpc) is 0.877. The molecule has 0 saturated carbocycles. The first-order chi connectivity index (χ1) is 60.4. The molecule has 732 valence electrons. The van der Waals surface area contributed by atoms with E-state index >= 15 is 0 Å². The molecule has 26 N–H and O–H groups in total. The fraction of sp³-hybridized carbons (Fsp3) is 0.795. The van der Waals surface area contributed by atoms with Crippen LogP contribution in [0.3, 0.4) is 0 Å². The molecule has 12 amide bonds. The molecule has 0 aromatic rings. The van der Waals surface area contributed by atoms with Crippen molar-refractivity contribution in [3.8, 4) is 0 Å². The van der Waals surface area contributed by atoms with Gasteiger partial charge in [0, 0.05) is 38.2 Å². The number of ether oxygens (including phenoxy) is 12. The second-order valence-corrected chi connectivity index (χ2v) is 30.5. The van der Waals surface area contributed by atoms with E-state index < -0.39 is 175 Å². The molecule has 0 heterocycles. The molecule has 0 aliphatic rings. The summed E-state index contributed by atoms with van der Waals surface area (Å²) >= 11 is 3.90. The van der Waals surface area contributed by atoms with Crippen molar-refractivity contribution in [3.63, 3.8) is 0 Å². The van der Waals surface area contributed by atoms with Crippen LogP contribution in [0.15, 0.2) is 9.98 Å². The van der Waals surface area contributed by atoms with Crippen LogP contribution in [0.2, 0.25) is 0 Å². The van der Waals surface area contributed by atoms with E-state index in [0.29, 0.717) is 119 Å².